The van der Waals surface area contributed by atoms with Crippen LogP contribution in [0.5, 0.6) is 5.75 Å². The molecule has 0 amide bonds. The van der Waals surface area contributed by atoms with Crippen molar-refractivity contribution in [3.8, 4) is 16.2 Å². The normalized spacial score (nSPS) is 10.1. The van der Waals surface area contributed by atoms with Gasteiger partial charge in [-0.2, -0.15) is 0 Å². The first-order valence-corrected chi connectivity index (χ1v) is 5.55. The number of aromatic carboxylic acids is 1. The lowest BCUT2D eigenvalue weighted by atomic mass is 10.1. The largest absolute Gasteiger partial charge is 0.496 e. The number of carbonyl (C=O) groups is 1. The Morgan fingerprint density at radius 3 is 2.75 bits per heavy atom. The number of methoxy groups -OCH3 is 1. The number of carboxylic acids is 1. The highest BCUT2D eigenvalue weighted by atomic mass is 32.1. The van der Waals surface area contributed by atoms with E-state index in [-0.39, 0.29) is 5.56 Å². The Bertz CT molecular complexity index is 503. The van der Waals surface area contributed by atoms with E-state index in [0.717, 1.165) is 10.4 Å². The summed E-state index contributed by atoms with van der Waals surface area (Å²) in [6.45, 7) is 0. The molecule has 0 aliphatic heterocycles. The maximum Gasteiger partial charge on any atom is 0.339 e. The highest BCUT2D eigenvalue weighted by Gasteiger charge is 2.12. The van der Waals surface area contributed by atoms with Gasteiger partial charge < -0.3 is 9.84 Å². The minimum absolute atomic E-state index is 0.188. The van der Waals surface area contributed by atoms with Gasteiger partial charge in [0, 0.05) is 4.88 Å². The van der Waals surface area contributed by atoms with E-state index in [4.69, 9.17) is 9.84 Å². The van der Waals surface area contributed by atoms with Crippen molar-refractivity contribution < 1.29 is 14.6 Å². The highest BCUT2D eigenvalue weighted by molar-refractivity contribution is 7.13. The van der Waals surface area contributed by atoms with Crippen LogP contribution in [-0.2, 0) is 0 Å². The molecular formula is C12H10O3S. The second-order valence-corrected chi connectivity index (χ2v) is 4.15. The molecule has 3 nitrogen and oxygen atoms in total. The molecule has 0 saturated heterocycles. The molecule has 0 saturated carbocycles. The molecule has 2 aromatic rings. The second-order valence-electron chi connectivity index (χ2n) is 3.20. The van der Waals surface area contributed by atoms with Crippen LogP contribution >= 0.6 is 11.3 Å². The fraction of sp³-hybridized carbons (Fsp3) is 0.0833. The summed E-state index contributed by atoms with van der Waals surface area (Å²) in [5.41, 5.74) is 1.08. The molecule has 0 radical (unpaired) electrons. The van der Waals surface area contributed by atoms with Crippen molar-refractivity contribution >= 4 is 17.3 Å². The number of thiophene rings is 1. The Balaban J connectivity index is 2.51. The van der Waals surface area contributed by atoms with Crippen LogP contribution in [0.2, 0.25) is 0 Å². The van der Waals surface area contributed by atoms with Gasteiger partial charge in [-0.1, -0.05) is 6.07 Å². The molecule has 0 fully saturated rings. The molecule has 1 aromatic heterocycles. The summed E-state index contributed by atoms with van der Waals surface area (Å²) in [7, 11) is 1.46. The van der Waals surface area contributed by atoms with E-state index in [9.17, 15) is 4.79 Å². The predicted molar refractivity (Wildman–Crippen MR) is 63.3 cm³/mol. The topological polar surface area (TPSA) is 46.5 Å². The molecule has 1 heterocycles. The lowest BCUT2D eigenvalue weighted by Crippen LogP contribution is -2.00. The summed E-state index contributed by atoms with van der Waals surface area (Å²) in [5.74, 6) is -0.594. The van der Waals surface area contributed by atoms with Gasteiger partial charge in [0.2, 0.25) is 0 Å². The van der Waals surface area contributed by atoms with E-state index in [0.29, 0.717) is 5.75 Å². The quantitative estimate of drug-likeness (QED) is 0.887. The molecule has 0 aliphatic rings. The van der Waals surface area contributed by atoms with Gasteiger partial charge in [-0.05, 0) is 35.2 Å². The fourth-order valence-electron chi connectivity index (χ4n) is 1.47. The van der Waals surface area contributed by atoms with Crippen molar-refractivity contribution in [2.24, 2.45) is 0 Å². The third-order valence-corrected chi connectivity index (χ3v) is 3.15. The maximum absolute atomic E-state index is 11.0. The van der Waals surface area contributed by atoms with Crippen molar-refractivity contribution in [3.63, 3.8) is 0 Å². The fourth-order valence-corrected chi connectivity index (χ4v) is 2.20. The zero-order valence-electron chi connectivity index (χ0n) is 8.64. The summed E-state index contributed by atoms with van der Waals surface area (Å²) in [4.78, 5) is 12.1. The van der Waals surface area contributed by atoms with Crippen LogP contribution in [0.1, 0.15) is 10.4 Å². The average molecular weight is 234 g/mol. The minimum atomic E-state index is -0.977. The molecule has 0 unspecified atom stereocenters. The van der Waals surface area contributed by atoms with Crippen molar-refractivity contribution in [2.45, 2.75) is 0 Å². The van der Waals surface area contributed by atoms with Gasteiger partial charge in [0.1, 0.15) is 11.3 Å². The Morgan fingerprint density at radius 2 is 2.19 bits per heavy atom. The number of rotatable bonds is 3. The van der Waals surface area contributed by atoms with E-state index in [1.165, 1.54) is 7.11 Å². The molecule has 2 rings (SSSR count). The van der Waals surface area contributed by atoms with Crippen molar-refractivity contribution in [1.82, 2.24) is 0 Å². The first-order valence-electron chi connectivity index (χ1n) is 4.67. The number of hydrogen-bond acceptors (Lipinski definition) is 3. The molecule has 0 atom stereocenters. The van der Waals surface area contributed by atoms with Crippen molar-refractivity contribution in [3.05, 3.63) is 41.3 Å². The molecule has 0 aliphatic carbocycles. The Hall–Kier alpha value is -1.81. The van der Waals surface area contributed by atoms with Gasteiger partial charge >= 0.3 is 5.97 Å². The van der Waals surface area contributed by atoms with E-state index >= 15 is 0 Å². The number of ether oxygens (including phenoxy) is 1. The summed E-state index contributed by atoms with van der Waals surface area (Å²) in [6.07, 6.45) is 0. The van der Waals surface area contributed by atoms with E-state index in [2.05, 4.69) is 0 Å². The van der Waals surface area contributed by atoms with Crippen LogP contribution < -0.4 is 4.74 Å². The third-order valence-electron chi connectivity index (χ3n) is 2.24. The Kier molecular flexibility index (Phi) is 2.92. The molecule has 1 N–H and O–H groups in total. The molecular weight excluding hydrogens is 224 g/mol. The Labute approximate surface area is 96.9 Å². The van der Waals surface area contributed by atoms with Gasteiger partial charge in [0.15, 0.2) is 0 Å². The summed E-state index contributed by atoms with van der Waals surface area (Å²) >= 11 is 1.58. The average Bonchev–Trinajstić information content (AvgIpc) is 2.81. The number of carboxylic acid groups (broad SMARTS) is 1. The highest BCUT2D eigenvalue weighted by Crippen LogP contribution is 2.29. The van der Waals surface area contributed by atoms with Gasteiger partial charge in [-0.15, -0.1) is 11.3 Å². The van der Waals surface area contributed by atoms with Crippen LogP contribution in [0.4, 0.5) is 0 Å². The van der Waals surface area contributed by atoms with Gasteiger partial charge in [0.05, 0.1) is 7.11 Å². The molecule has 0 spiro atoms. The number of benzene rings is 1. The molecule has 82 valence electrons. The lowest BCUT2D eigenvalue weighted by molar-refractivity contribution is 0.0693. The molecule has 16 heavy (non-hydrogen) atoms. The van der Waals surface area contributed by atoms with Crippen LogP contribution in [-0.4, -0.2) is 18.2 Å². The second kappa shape index (κ2) is 4.37. The van der Waals surface area contributed by atoms with Crippen molar-refractivity contribution in [1.29, 1.82) is 0 Å². The number of hydrogen-bond donors (Lipinski definition) is 1. The van der Waals surface area contributed by atoms with Crippen LogP contribution in [0.15, 0.2) is 35.7 Å². The Morgan fingerprint density at radius 1 is 1.38 bits per heavy atom. The monoisotopic (exact) mass is 234 g/mol. The van der Waals surface area contributed by atoms with Crippen molar-refractivity contribution in [2.75, 3.05) is 7.11 Å². The van der Waals surface area contributed by atoms with E-state index < -0.39 is 5.97 Å². The van der Waals surface area contributed by atoms with Gasteiger partial charge in [-0.25, -0.2) is 4.79 Å². The zero-order chi connectivity index (χ0) is 11.5. The van der Waals surface area contributed by atoms with Gasteiger partial charge in [-0.3, -0.25) is 0 Å². The lowest BCUT2D eigenvalue weighted by Gasteiger charge is -2.06. The first kappa shape index (κ1) is 10.7. The smallest absolute Gasteiger partial charge is 0.339 e. The van der Waals surface area contributed by atoms with Crippen LogP contribution in [0.3, 0.4) is 0 Å². The van der Waals surface area contributed by atoms with Gasteiger partial charge in [0.25, 0.3) is 0 Å². The van der Waals surface area contributed by atoms with Crippen LogP contribution in [0, 0.1) is 0 Å². The standard InChI is InChI=1S/C12H10O3S/c1-15-10-5-4-8(7-9(10)12(13)14)11-3-2-6-16-11/h2-7H,1H3,(H,13,14). The molecule has 1 aromatic carbocycles. The zero-order valence-corrected chi connectivity index (χ0v) is 9.45. The minimum Gasteiger partial charge on any atom is -0.496 e. The SMILES string of the molecule is COc1ccc(-c2cccs2)cc1C(=O)O. The molecule has 4 heteroatoms. The first-order chi connectivity index (χ1) is 7.72. The predicted octanol–water partition coefficient (Wildman–Crippen LogP) is 3.12. The third kappa shape index (κ3) is 1.92. The van der Waals surface area contributed by atoms with E-state index in [1.54, 1.807) is 23.5 Å². The summed E-state index contributed by atoms with van der Waals surface area (Å²) in [6, 6.07) is 9.06. The molecule has 0 bridgehead atoms. The summed E-state index contributed by atoms with van der Waals surface area (Å²) in [5, 5.41) is 11.0. The van der Waals surface area contributed by atoms with E-state index in [1.807, 2.05) is 23.6 Å². The maximum atomic E-state index is 11.0. The van der Waals surface area contributed by atoms with Crippen LogP contribution in [0.25, 0.3) is 10.4 Å². The summed E-state index contributed by atoms with van der Waals surface area (Å²) < 4.78 is 5.00.